The molecule has 0 saturated heterocycles. The number of carbonyl (C=O) groups is 3. The van der Waals surface area contributed by atoms with Gasteiger partial charge in [-0.25, -0.2) is 4.79 Å². The van der Waals surface area contributed by atoms with Gasteiger partial charge >= 0.3 is 5.97 Å². The summed E-state index contributed by atoms with van der Waals surface area (Å²) in [5.41, 5.74) is 1.44. The van der Waals surface area contributed by atoms with Crippen LogP contribution in [0.25, 0.3) is 0 Å². The van der Waals surface area contributed by atoms with E-state index in [9.17, 15) is 14.4 Å². The molecular formula is C22H25NO6. The number of ether oxygens (including phenoxy) is 3. The molecule has 0 heterocycles. The van der Waals surface area contributed by atoms with Gasteiger partial charge in [0.15, 0.2) is 19.0 Å². The van der Waals surface area contributed by atoms with Crippen LogP contribution in [-0.4, -0.2) is 49.9 Å². The average molecular weight is 399 g/mol. The summed E-state index contributed by atoms with van der Waals surface area (Å²) in [4.78, 5) is 37.1. The molecule has 154 valence electrons. The third-order valence-corrected chi connectivity index (χ3v) is 4.24. The minimum Gasteiger partial charge on any atom is -0.496 e. The monoisotopic (exact) mass is 399 g/mol. The summed E-state index contributed by atoms with van der Waals surface area (Å²) in [5, 5.41) is 0. The Labute approximate surface area is 170 Å². The van der Waals surface area contributed by atoms with E-state index >= 15 is 0 Å². The van der Waals surface area contributed by atoms with Gasteiger partial charge in [0.1, 0.15) is 11.5 Å². The smallest absolute Gasteiger partial charge is 0.344 e. The fourth-order valence-electron chi connectivity index (χ4n) is 2.55. The van der Waals surface area contributed by atoms with Crippen molar-refractivity contribution >= 4 is 17.7 Å². The highest BCUT2D eigenvalue weighted by Gasteiger charge is 2.14. The zero-order valence-electron chi connectivity index (χ0n) is 16.8. The van der Waals surface area contributed by atoms with Crippen LogP contribution in [0.5, 0.6) is 11.5 Å². The number of benzene rings is 2. The largest absolute Gasteiger partial charge is 0.496 e. The lowest BCUT2D eigenvalue weighted by Crippen LogP contribution is -2.31. The maximum absolute atomic E-state index is 12.2. The summed E-state index contributed by atoms with van der Waals surface area (Å²) < 4.78 is 15.6. The fourth-order valence-corrected chi connectivity index (χ4v) is 2.55. The van der Waals surface area contributed by atoms with E-state index in [0.717, 1.165) is 5.56 Å². The fraction of sp³-hybridized carbons (Fsp3) is 0.318. The number of methoxy groups -OCH3 is 1. The van der Waals surface area contributed by atoms with E-state index in [0.29, 0.717) is 30.0 Å². The Morgan fingerprint density at radius 1 is 0.966 bits per heavy atom. The molecule has 0 aliphatic rings. The predicted octanol–water partition coefficient (Wildman–Crippen LogP) is 2.87. The van der Waals surface area contributed by atoms with Gasteiger partial charge < -0.3 is 19.1 Å². The molecule has 0 saturated carbocycles. The topological polar surface area (TPSA) is 82.1 Å². The third-order valence-electron chi connectivity index (χ3n) is 4.24. The zero-order chi connectivity index (χ0) is 21.2. The van der Waals surface area contributed by atoms with Crippen molar-refractivity contribution in [1.29, 1.82) is 0 Å². The van der Waals surface area contributed by atoms with Crippen LogP contribution >= 0.6 is 0 Å². The number of para-hydroxylation sites is 1. The lowest BCUT2D eigenvalue weighted by atomic mass is 10.1. The first-order valence-corrected chi connectivity index (χ1v) is 9.22. The average Bonchev–Trinajstić information content (AvgIpc) is 2.76. The van der Waals surface area contributed by atoms with Crippen LogP contribution in [0.15, 0.2) is 48.5 Å². The molecule has 0 aliphatic heterocycles. The number of hydrogen-bond donors (Lipinski definition) is 0. The van der Waals surface area contributed by atoms with Crippen LogP contribution in [0.3, 0.4) is 0 Å². The molecule has 7 heteroatoms. The van der Waals surface area contributed by atoms with E-state index in [1.54, 1.807) is 45.3 Å². The van der Waals surface area contributed by atoms with E-state index in [4.69, 9.17) is 14.2 Å². The van der Waals surface area contributed by atoms with Crippen molar-refractivity contribution in [2.45, 2.75) is 19.9 Å². The summed E-state index contributed by atoms with van der Waals surface area (Å²) in [6.45, 7) is 1.42. The van der Waals surface area contributed by atoms with E-state index < -0.39 is 5.97 Å². The molecular weight excluding hydrogens is 374 g/mol. The summed E-state index contributed by atoms with van der Waals surface area (Å²) >= 11 is 0. The van der Waals surface area contributed by atoms with Gasteiger partial charge in [-0.1, -0.05) is 25.1 Å². The van der Waals surface area contributed by atoms with Gasteiger partial charge in [-0.05, 0) is 30.3 Å². The quantitative estimate of drug-likeness (QED) is 0.451. The minimum absolute atomic E-state index is 0.0340. The number of hydrogen-bond acceptors (Lipinski definition) is 6. The standard InChI is InChI=1S/C22H25NO6/c1-4-19(24)16-9-11-18(12-10-16)28-15-22(26)29-14-21(25)23(2)13-17-7-5-6-8-20(17)27-3/h5-12H,4,13-15H2,1-3H3. The zero-order valence-corrected chi connectivity index (χ0v) is 16.8. The Morgan fingerprint density at radius 3 is 2.31 bits per heavy atom. The molecule has 0 spiro atoms. The van der Waals surface area contributed by atoms with Crippen molar-refractivity contribution in [2.24, 2.45) is 0 Å². The Morgan fingerprint density at radius 2 is 1.66 bits per heavy atom. The van der Waals surface area contributed by atoms with Crippen molar-refractivity contribution in [1.82, 2.24) is 4.90 Å². The van der Waals surface area contributed by atoms with Crippen molar-refractivity contribution in [3.63, 3.8) is 0 Å². The van der Waals surface area contributed by atoms with Crippen LogP contribution in [-0.2, 0) is 20.9 Å². The maximum Gasteiger partial charge on any atom is 0.344 e. The molecule has 0 N–H and O–H groups in total. The lowest BCUT2D eigenvalue weighted by Gasteiger charge is -2.18. The molecule has 0 fully saturated rings. The molecule has 0 aliphatic carbocycles. The third kappa shape index (κ3) is 6.64. The number of ketones is 1. The number of esters is 1. The molecule has 0 atom stereocenters. The number of carbonyl (C=O) groups excluding carboxylic acids is 3. The number of Topliss-reactive ketones (excluding diaryl/α,β-unsaturated/α-hetero) is 1. The summed E-state index contributed by atoms with van der Waals surface area (Å²) in [6, 6.07) is 13.9. The summed E-state index contributed by atoms with van der Waals surface area (Å²) in [5.74, 6) is 0.162. The first-order valence-electron chi connectivity index (χ1n) is 9.22. The molecule has 2 rings (SSSR count). The van der Waals surface area contributed by atoms with Gasteiger partial charge in [0.25, 0.3) is 5.91 Å². The first-order chi connectivity index (χ1) is 13.9. The van der Waals surface area contributed by atoms with Gasteiger partial charge in [0.2, 0.25) is 0 Å². The summed E-state index contributed by atoms with van der Waals surface area (Å²) in [7, 11) is 3.19. The molecule has 2 aromatic carbocycles. The van der Waals surface area contributed by atoms with Crippen LogP contribution in [0.1, 0.15) is 29.3 Å². The first kappa shape index (κ1) is 21.9. The SMILES string of the molecule is CCC(=O)c1ccc(OCC(=O)OCC(=O)N(C)Cc2ccccc2OC)cc1. The van der Waals surface area contributed by atoms with Gasteiger partial charge in [-0.3, -0.25) is 9.59 Å². The van der Waals surface area contributed by atoms with Crippen LogP contribution < -0.4 is 9.47 Å². The van der Waals surface area contributed by atoms with Gasteiger partial charge in [0, 0.05) is 31.1 Å². The van der Waals surface area contributed by atoms with E-state index in [1.807, 2.05) is 24.3 Å². The molecule has 0 aromatic heterocycles. The van der Waals surface area contributed by atoms with Crippen molar-refractivity contribution in [2.75, 3.05) is 27.4 Å². The second kappa shape index (κ2) is 10.8. The second-order valence-corrected chi connectivity index (χ2v) is 6.31. The Kier molecular flexibility index (Phi) is 8.21. The molecule has 2 aromatic rings. The van der Waals surface area contributed by atoms with Crippen molar-refractivity contribution in [3.8, 4) is 11.5 Å². The predicted molar refractivity (Wildman–Crippen MR) is 107 cm³/mol. The number of rotatable bonds is 10. The van der Waals surface area contributed by atoms with Crippen LogP contribution in [0, 0.1) is 0 Å². The molecule has 0 bridgehead atoms. The van der Waals surface area contributed by atoms with Gasteiger partial charge in [-0.15, -0.1) is 0 Å². The maximum atomic E-state index is 12.2. The highest BCUT2D eigenvalue weighted by molar-refractivity contribution is 5.95. The number of likely N-dealkylation sites (N-methyl/N-ethyl adjacent to an activating group) is 1. The van der Waals surface area contributed by atoms with E-state index in [1.165, 1.54) is 4.90 Å². The van der Waals surface area contributed by atoms with Gasteiger partial charge in [0.05, 0.1) is 7.11 Å². The van der Waals surface area contributed by atoms with Crippen molar-refractivity contribution in [3.05, 3.63) is 59.7 Å². The molecule has 1 amide bonds. The highest BCUT2D eigenvalue weighted by atomic mass is 16.6. The minimum atomic E-state index is -0.655. The normalized spacial score (nSPS) is 10.2. The molecule has 29 heavy (non-hydrogen) atoms. The molecule has 0 unspecified atom stereocenters. The number of nitrogens with zero attached hydrogens (tertiary/aromatic N) is 1. The lowest BCUT2D eigenvalue weighted by molar-refractivity contribution is -0.153. The van der Waals surface area contributed by atoms with Crippen molar-refractivity contribution < 1.29 is 28.6 Å². The van der Waals surface area contributed by atoms with E-state index in [-0.39, 0.29) is 24.9 Å². The van der Waals surface area contributed by atoms with Gasteiger partial charge in [-0.2, -0.15) is 0 Å². The Hall–Kier alpha value is -3.35. The van der Waals surface area contributed by atoms with E-state index in [2.05, 4.69) is 0 Å². The summed E-state index contributed by atoms with van der Waals surface area (Å²) in [6.07, 6.45) is 0.423. The number of amides is 1. The molecule has 0 radical (unpaired) electrons. The second-order valence-electron chi connectivity index (χ2n) is 6.31. The van der Waals surface area contributed by atoms with Crippen LogP contribution in [0.2, 0.25) is 0 Å². The molecule has 7 nitrogen and oxygen atoms in total. The highest BCUT2D eigenvalue weighted by Crippen LogP contribution is 2.18. The van der Waals surface area contributed by atoms with Crippen LogP contribution in [0.4, 0.5) is 0 Å². The Bertz CT molecular complexity index is 847. The Balaban J connectivity index is 1.76.